The Hall–Kier alpha value is -1.85. The minimum atomic E-state index is -4.89. The molecule has 0 aromatic rings. The molecule has 0 atom stereocenters. The molecule has 0 N–H and O–H groups in total. The van der Waals surface area contributed by atoms with Gasteiger partial charge in [-0.25, -0.2) is 0 Å². The maximum atomic E-state index is 12.4. The standard InChI is InChI=1S/C13H12F3NO2/c14-13(15,16)12(19)9-6-7-11(18)17(8-9)10-4-2-1-3-5-10/h2,4-5,8H,1,3,6-7H2. The van der Waals surface area contributed by atoms with Gasteiger partial charge in [-0.05, 0) is 25.3 Å². The summed E-state index contributed by atoms with van der Waals surface area (Å²) in [4.78, 5) is 24.0. The quantitative estimate of drug-likeness (QED) is 0.774. The molecule has 6 heteroatoms. The summed E-state index contributed by atoms with van der Waals surface area (Å²) < 4.78 is 37.1. The van der Waals surface area contributed by atoms with Crippen molar-refractivity contribution in [1.29, 1.82) is 0 Å². The number of rotatable bonds is 2. The molecule has 1 aliphatic carbocycles. The van der Waals surface area contributed by atoms with Gasteiger partial charge in [-0.2, -0.15) is 13.2 Å². The molecule has 1 amide bonds. The first-order valence-electron chi connectivity index (χ1n) is 5.90. The Kier molecular flexibility index (Phi) is 3.59. The molecule has 102 valence electrons. The molecule has 1 heterocycles. The minimum absolute atomic E-state index is 0.0845. The molecule has 0 bridgehead atoms. The number of halogens is 3. The van der Waals surface area contributed by atoms with Crippen LogP contribution in [-0.2, 0) is 9.59 Å². The lowest BCUT2D eigenvalue weighted by Crippen LogP contribution is -2.33. The van der Waals surface area contributed by atoms with Crippen LogP contribution in [0.25, 0.3) is 0 Å². The zero-order valence-corrected chi connectivity index (χ0v) is 10.0. The van der Waals surface area contributed by atoms with Crippen molar-refractivity contribution in [3.8, 4) is 0 Å². The lowest BCUT2D eigenvalue weighted by molar-refractivity contribution is -0.167. The van der Waals surface area contributed by atoms with Crippen molar-refractivity contribution in [3.05, 3.63) is 35.7 Å². The predicted octanol–water partition coefficient (Wildman–Crippen LogP) is 2.86. The van der Waals surface area contributed by atoms with Crippen molar-refractivity contribution >= 4 is 11.7 Å². The first kappa shape index (κ1) is 13.6. The number of hydrogen-bond donors (Lipinski definition) is 0. The molecule has 0 aromatic carbocycles. The van der Waals surface area contributed by atoms with Gasteiger partial charge in [0, 0.05) is 23.9 Å². The van der Waals surface area contributed by atoms with Crippen LogP contribution < -0.4 is 0 Å². The molecule has 2 rings (SSSR count). The van der Waals surface area contributed by atoms with E-state index in [4.69, 9.17) is 0 Å². The fourth-order valence-electron chi connectivity index (χ4n) is 2.01. The number of nitrogens with zero attached hydrogens (tertiary/aromatic N) is 1. The van der Waals surface area contributed by atoms with Crippen LogP contribution in [-0.4, -0.2) is 22.8 Å². The Labute approximate surface area is 108 Å². The van der Waals surface area contributed by atoms with E-state index in [1.54, 1.807) is 12.2 Å². The second-order valence-electron chi connectivity index (χ2n) is 4.35. The van der Waals surface area contributed by atoms with Crippen LogP contribution in [0.1, 0.15) is 25.7 Å². The van der Waals surface area contributed by atoms with Crippen LogP contribution in [0.2, 0.25) is 0 Å². The van der Waals surface area contributed by atoms with Crippen LogP contribution in [0, 0.1) is 0 Å². The molecule has 0 aromatic heterocycles. The van der Waals surface area contributed by atoms with E-state index >= 15 is 0 Å². The molecule has 0 spiro atoms. The SMILES string of the molecule is O=C1CCC(C(=O)C(F)(F)F)=CN1C1=CCCC=C1. The second kappa shape index (κ2) is 5.03. The van der Waals surface area contributed by atoms with Crippen LogP contribution in [0.5, 0.6) is 0 Å². The average Bonchev–Trinajstić information content (AvgIpc) is 2.38. The Bertz CT molecular complexity index is 501. The number of allylic oxidation sites excluding steroid dienone is 4. The fourth-order valence-corrected chi connectivity index (χ4v) is 2.01. The van der Waals surface area contributed by atoms with Gasteiger partial charge in [0.05, 0.1) is 0 Å². The van der Waals surface area contributed by atoms with Gasteiger partial charge in [-0.3, -0.25) is 14.5 Å². The van der Waals surface area contributed by atoms with Gasteiger partial charge in [0.2, 0.25) is 5.91 Å². The number of ketones is 1. The van der Waals surface area contributed by atoms with E-state index in [9.17, 15) is 22.8 Å². The predicted molar refractivity (Wildman–Crippen MR) is 61.7 cm³/mol. The van der Waals surface area contributed by atoms with Crippen LogP contribution in [0.3, 0.4) is 0 Å². The van der Waals surface area contributed by atoms with E-state index in [2.05, 4.69) is 0 Å². The Morgan fingerprint density at radius 2 is 1.95 bits per heavy atom. The van der Waals surface area contributed by atoms with Crippen molar-refractivity contribution in [3.63, 3.8) is 0 Å². The van der Waals surface area contributed by atoms with Crippen molar-refractivity contribution in [2.45, 2.75) is 31.9 Å². The van der Waals surface area contributed by atoms with Crippen molar-refractivity contribution in [2.24, 2.45) is 0 Å². The Balaban J connectivity index is 2.28. The third kappa shape index (κ3) is 2.94. The number of amides is 1. The summed E-state index contributed by atoms with van der Waals surface area (Å²) in [5.41, 5.74) is 0.162. The molecular formula is C13H12F3NO2. The van der Waals surface area contributed by atoms with Crippen LogP contribution in [0.15, 0.2) is 35.7 Å². The molecule has 0 fully saturated rings. The summed E-state index contributed by atoms with van der Waals surface area (Å²) in [5.74, 6) is -2.16. The maximum Gasteiger partial charge on any atom is 0.454 e. The molecule has 3 nitrogen and oxygen atoms in total. The second-order valence-corrected chi connectivity index (χ2v) is 4.35. The molecule has 0 radical (unpaired) electrons. The van der Waals surface area contributed by atoms with E-state index in [-0.39, 0.29) is 24.3 Å². The van der Waals surface area contributed by atoms with E-state index in [1.165, 1.54) is 0 Å². The summed E-state index contributed by atoms with van der Waals surface area (Å²) in [5, 5.41) is 0. The highest BCUT2D eigenvalue weighted by Gasteiger charge is 2.42. The van der Waals surface area contributed by atoms with Gasteiger partial charge in [0.15, 0.2) is 0 Å². The maximum absolute atomic E-state index is 12.4. The number of Topliss-reactive ketones (excluding diaryl/α,β-unsaturated/α-hetero) is 1. The molecule has 0 saturated carbocycles. The number of carbonyl (C=O) groups excluding carboxylic acids is 2. The highest BCUT2D eigenvalue weighted by Crippen LogP contribution is 2.28. The fraction of sp³-hybridized carbons (Fsp3) is 0.385. The normalized spacial score (nSPS) is 20.2. The van der Waals surface area contributed by atoms with Gasteiger partial charge in [-0.1, -0.05) is 12.2 Å². The smallest absolute Gasteiger partial charge is 0.288 e. The van der Waals surface area contributed by atoms with E-state index in [0.717, 1.165) is 23.9 Å². The molecule has 0 saturated heterocycles. The molecule has 2 aliphatic rings. The van der Waals surface area contributed by atoms with Gasteiger partial charge < -0.3 is 0 Å². The summed E-state index contributed by atoms with van der Waals surface area (Å²) in [6, 6.07) is 0. The van der Waals surface area contributed by atoms with Gasteiger partial charge in [-0.15, -0.1) is 0 Å². The number of alkyl halides is 3. The van der Waals surface area contributed by atoms with Crippen LogP contribution >= 0.6 is 0 Å². The largest absolute Gasteiger partial charge is 0.454 e. The molecule has 0 unspecified atom stereocenters. The molecule has 19 heavy (non-hydrogen) atoms. The zero-order valence-electron chi connectivity index (χ0n) is 10.0. The highest BCUT2D eigenvalue weighted by molar-refractivity contribution is 6.01. The van der Waals surface area contributed by atoms with E-state index in [1.807, 2.05) is 6.08 Å². The first-order valence-corrected chi connectivity index (χ1v) is 5.90. The molecular weight excluding hydrogens is 259 g/mol. The monoisotopic (exact) mass is 271 g/mol. The third-order valence-electron chi connectivity index (χ3n) is 2.96. The number of hydrogen-bond acceptors (Lipinski definition) is 2. The van der Waals surface area contributed by atoms with Gasteiger partial charge in [0.1, 0.15) is 0 Å². The van der Waals surface area contributed by atoms with Crippen LogP contribution in [0.4, 0.5) is 13.2 Å². The first-order chi connectivity index (χ1) is 8.89. The van der Waals surface area contributed by atoms with Crippen molar-refractivity contribution in [2.75, 3.05) is 0 Å². The topological polar surface area (TPSA) is 37.4 Å². The summed E-state index contributed by atoms with van der Waals surface area (Å²) in [6.45, 7) is 0. The summed E-state index contributed by atoms with van der Waals surface area (Å²) in [7, 11) is 0. The van der Waals surface area contributed by atoms with Crippen molar-refractivity contribution in [1.82, 2.24) is 4.90 Å². The lowest BCUT2D eigenvalue weighted by atomic mass is 10.0. The van der Waals surface area contributed by atoms with Gasteiger partial charge >= 0.3 is 6.18 Å². The minimum Gasteiger partial charge on any atom is -0.288 e. The lowest BCUT2D eigenvalue weighted by Gasteiger charge is -2.26. The van der Waals surface area contributed by atoms with Crippen molar-refractivity contribution < 1.29 is 22.8 Å². The van der Waals surface area contributed by atoms with E-state index < -0.39 is 12.0 Å². The summed E-state index contributed by atoms with van der Waals surface area (Å²) >= 11 is 0. The Morgan fingerprint density at radius 3 is 2.53 bits per heavy atom. The zero-order chi connectivity index (χ0) is 14.0. The van der Waals surface area contributed by atoms with Gasteiger partial charge in [0.25, 0.3) is 5.78 Å². The highest BCUT2D eigenvalue weighted by atomic mass is 19.4. The number of carbonyl (C=O) groups is 2. The average molecular weight is 271 g/mol. The summed E-state index contributed by atoms with van der Waals surface area (Å²) in [6.07, 6.45) is 2.74. The third-order valence-corrected chi connectivity index (χ3v) is 2.96. The van der Waals surface area contributed by atoms with E-state index in [0.29, 0.717) is 5.70 Å². The Morgan fingerprint density at radius 1 is 1.21 bits per heavy atom. The molecule has 1 aliphatic heterocycles.